The number of carbonyl (C=O) groups is 2. The minimum absolute atomic E-state index is 0.0179. The maximum absolute atomic E-state index is 12.8. The molecule has 9 heteroatoms. The van der Waals surface area contributed by atoms with Crippen LogP contribution >= 0.6 is 0 Å². The summed E-state index contributed by atoms with van der Waals surface area (Å²) in [6, 6.07) is 1.44. The van der Waals surface area contributed by atoms with Crippen molar-refractivity contribution in [3.05, 3.63) is 43.0 Å². The van der Waals surface area contributed by atoms with Gasteiger partial charge in [0.25, 0.3) is 11.8 Å². The molecule has 0 saturated heterocycles. The van der Waals surface area contributed by atoms with Crippen LogP contribution in [0.25, 0.3) is 6.08 Å². The van der Waals surface area contributed by atoms with Crippen LogP contribution in [0.3, 0.4) is 0 Å². The Balaban J connectivity index is 2.24. The van der Waals surface area contributed by atoms with E-state index in [-0.39, 0.29) is 30.5 Å². The van der Waals surface area contributed by atoms with Gasteiger partial charge in [0.1, 0.15) is 0 Å². The Labute approximate surface area is 166 Å². The lowest BCUT2D eigenvalue weighted by atomic mass is 9.81. The quantitative estimate of drug-likeness (QED) is 0.662. The zero-order chi connectivity index (χ0) is 21.6. The van der Waals surface area contributed by atoms with Gasteiger partial charge in [0.15, 0.2) is 5.82 Å². The Hall–Kier alpha value is -2.97. The molecule has 0 atom stereocenters. The number of hydrogen-bond donors (Lipinski definition) is 0. The lowest BCUT2D eigenvalue weighted by Crippen LogP contribution is -2.35. The van der Waals surface area contributed by atoms with E-state index in [0.717, 1.165) is 17.1 Å². The fraction of sp³-hybridized carbons (Fsp3) is 0.400. The Bertz CT molecular complexity index is 793. The molecule has 1 aromatic rings. The fourth-order valence-corrected chi connectivity index (χ4v) is 3.17. The van der Waals surface area contributed by atoms with Gasteiger partial charge in [-0.3, -0.25) is 9.59 Å². The molecule has 6 nitrogen and oxygen atoms in total. The summed E-state index contributed by atoms with van der Waals surface area (Å²) in [4.78, 5) is 24.8. The van der Waals surface area contributed by atoms with E-state index in [0.29, 0.717) is 18.4 Å². The van der Waals surface area contributed by atoms with Crippen molar-refractivity contribution in [3.63, 3.8) is 0 Å². The van der Waals surface area contributed by atoms with Gasteiger partial charge in [-0.15, -0.1) is 10.2 Å². The van der Waals surface area contributed by atoms with E-state index in [4.69, 9.17) is 4.74 Å². The van der Waals surface area contributed by atoms with Crippen LogP contribution in [0.4, 0.5) is 19.0 Å². The molecule has 1 aliphatic rings. The second-order valence-corrected chi connectivity index (χ2v) is 6.60. The number of ether oxygens (including phenoxy) is 1. The number of imide groups is 1. The standard InChI is InChI=1S/C20H22F3N3O3/c1-4-17(27)26(18(28)5-2)16-12-14(19(29-3)25-24-16)9-6-13-7-10-15(11-8-13)20(21,22)23/h4-6,9,12-13,15H,1-2,7-8,10-11H2,3H3/b9-6+. The van der Waals surface area contributed by atoms with E-state index >= 15 is 0 Å². The van der Waals surface area contributed by atoms with Gasteiger partial charge < -0.3 is 4.74 Å². The van der Waals surface area contributed by atoms with Gasteiger partial charge in [-0.25, -0.2) is 4.90 Å². The number of hydrogen-bond acceptors (Lipinski definition) is 5. The second kappa shape index (κ2) is 9.49. The first-order chi connectivity index (χ1) is 13.7. The molecule has 0 aromatic carbocycles. The first-order valence-electron chi connectivity index (χ1n) is 9.00. The van der Waals surface area contributed by atoms with Crippen molar-refractivity contribution in [2.45, 2.75) is 31.9 Å². The number of nitrogens with zero attached hydrogens (tertiary/aromatic N) is 3. The Morgan fingerprint density at radius 1 is 1.14 bits per heavy atom. The van der Waals surface area contributed by atoms with Gasteiger partial charge in [0, 0.05) is 5.56 Å². The van der Waals surface area contributed by atoms with E-state index in [9.17, 15) is 22.8 Å². The number of aromatic nitrogens is 2. The lowest BCUT2D eigenvalue weighted by molar-refractivity contribution is -0.183. The molecule has 0 radical (unpaired) electrons. The third-order valence-electron chi connectivity index (χ3n) is 4.77. The number of rotatable bonds is 6. The zero-order valence-corrected chi connectivity index (χ0v) is 16.0. The molecule has 156 valence electrons. The molecule has 29 heavy (non-hydrogen) atoms. The normalized spacial score (nSPS) is 19.6. The number of allylic oxidation sites excluding steroid dienone is 1. The van der Waals surface area contributed by atoms with Crippen LogP contribution in [0.2, 0.25) is 0 Å². The van der Waals surface area contributed by atoms with Crippen LogP contribution in [0.1, 0.15) is 31.2 Å². The molecule has 1 saturated carbocycles. The predicted octanol–water partition coefficient (Wildman–Crippen LogP) is 4.10. The molecule has 0 N–H and O–H groups in total. The van der Waals surface area contributed by atoms with E-state index < -0.39 is 23.9 Å². The minimum atomic E-state index is -4.15. The first-order valence-corrected chi connectivity index (χ1v) is 9.00. The highest BCUT2D eigenvalue weighted by Gasteiger charge is 2.40. The summed E-state index contributed by atoms with van der Waals surface area (Å²) in [5.74, 6) is -2.55. The summed E-state index contributed by atoms with van der Waals surface area (Å²) in [5.41, 5.74) is 0.439. The lowest BCUT2D eigenvalue weighted by Gasteiger charge is -2.28. The largest absolute Gasteiger partial charge is 0.479 e. The smallest absolute Gasteiger partial charge is 0.391 e. The van der Waals surface area contributed by atoms with E-state index in [2.05, 4.69) is 23.4 Å². The number of methoxy groups -OCH3 is 1. The van der Waals surface area contributed by atoms with Crippen molar-refractivity contribution in [2.24, 2.45) is 11.8 Å². The SMILES string of the molecule is C=CC(=O)N(C(=O)C=C)c1cc(/C=C/C2CCC(C(F)(F)F)CC2)c(OC)nn1. The number of carbonyl (C=O) groups excluding carboxylic acids is 2. The third-order valence-corrected chi connectivity index (χ3v) is 4.77. The van der Waals surface area contributed by atoms with Crippen molar-refractivity contribution in [1.82, 2.24) is 10.2 Å². The molecule has 1 aliphatic carbocycles. The van der Waals surface area contributed by atoms with Crippen LogP contribution in [-0.4, -0.2) is 35.3 Å². The summed E-state index contributed by atoms with van der Waals surface area (Å²) < 4.78 is 43.6. The monoisotopic (exact) mass is 409 g/mol. The van der Waals surface area contributed by atoms with Crippen molar-refractivity contribution in [3.8, 4) is 5.88 Å². The predicted molar refractivity (Wildman–Crippen MR) is 102 cm³/mol. The van der Waals surface area contributed by atoms with Crippen molar-refractivity contribution in [2.75, 3.05) is 12.0 Å². The molecular formula is C20H22F3N3O3. The van der Waals surface area contributed by atoms with Crippen molar-refractivity contribution in [1.29, 1.82) is 0 Å². The third kappa shape index (κ3) is 5.52. The molecule has 0 spiro atoms. The van der Waals surface area contributed by atoms with E-state index in [1.54, 1.807) is 12.2 Å². The van der Waals surface area contributed by atoms with Gasteiger partial charge >= 0.3 is 6.18 Å². The van der Waals surface area contributed by atoms with Gasteiger partial charge in [-0.2, -0.15) is 13.2 Å². The number of alkyl halides is 3. The maximum Gasteiger partial charge on any atom is 0.391 e. The molecule has 0 bridgehead atoms. The minimum Gasteiger partial charge on any atom is -0.479 e. The van der Waals surface area contributed by atoms with Crippen LogP contribution < -0.4 is 9.64 Å². The topological polar surface area (TPSA) is 72.4 Å². The summed E-state index contributed by atoms with van der Waals surface area (Å²) in [5, 5.41) is 7.71. The maximum atomic E-state index is 12.8. The Kier molecular flexibility index (Phi) is 7.30. The van der Waals surface area contributed by atoms with Crippen LogP contribution in [0, 0.1) is 11.8 Å². The summed E-state index contributed by atoms with van der Waals surface area (Å²) in [6.07, 6.45) is 2.24. The van der Waals surface area contributed by atoms with Gasteiger partial charge in [0.05, 0.1) is 13.0 Å². The molecular weight excluding hydrogens is 387 g/mol. The highest BCUT2D eigenvalue weighted by atomic mass is 19.4. The van der Waals surface area contributed by atoms with Crippen molar-refractivity contribution >= 4 is 23.7 Å². The van der Waals surface area contributed by atoms with E-state index in [1.165, 1.54) is 13.2 Å². The molecule has 0 aliphatic heterocycles. The summed E-state index contributed by atoms with van der Waals surface area (Å²) in [7, 11) is 1.39. The van der Waals surface area contributed by atoms with Crippen molar-refractivity contribution < 1.29 is 27.5 Å². The van der Waals surface area contributed by atoms with Crippen LogP contribution in [0.5, 0.6) is 5.88 Å². The molecule has 1 heterocycles. The van der Waals surface area contributed by atoms with Crippen LogP contribution in [0.15, 0.2) is 37.5 Å². The summed E-state index contributed by atoms with van der Waals surface area (Å²) in [6.45, 7) is 6.71. The van der Waals surface area contributed by atoms with Gasteiger partial charge in [-0.05, 0) is 49.8 Å². The molecule has 2 amide bonds. The average Bonchev–Trinajstić information content (AvgIpc) is 2.71. The van der Waals surface area contributed by atoms with E-state index in [1.807, 2.05) is 0 Å². The van der Waals surface area contributed by atoms with Crippen LogP contribution in [-0.2, 0) is 9.59 Å². The summed E-state index contributed by atoms with van der Waals surface area (Å²) >= 11 is 0. The Morgan fingerprint density at radius 3 is 2.21 bits per heavy atom. The number of halogens is 3. The zero-order valence-electron chi connectivity index (χ0n) is 16.0. The molecule has 1 aromatic heterocycles. The number of anilines is 1. The second-order valence-electron chi connectivity index (χ2n) is 6.60. The van der Waals surface area contributed by atoms with Gasteiger partial charge in [-0.1, -0.05) is 25.3 Å². The average molecular weight is 409 g/mol. The fourth-order valence-electron chi connectivity index (χ4n) is 3.17. The highest BCUT2D eigenvalue weighted by Crippen LogP contribution is 2.40. The number of amides is 2. The molecule has 1 fully saturated rings. The van der Waals surface area contributed by atoms with Gasteiger partial charge in [0.2, 0.25) is 5.88 Å². The Morgan fingerprint density at radius 2 is 1.72 bits per heavy atom. The molecule has 2 rings (SSSR count). The molecule has 0 unspecified atom stereocenters. The highest BCUT2D eigenvalue weighted by molar-refractivity contribution is 6.21. The first kappa shape index (κ1) is 22.3.